The number of carboxylic acid groups (broad SMARTS) is 1. The summed E-state index contributed by atoms with van der Waals surface area (Å²) < 4.78 is 22.2. The Kier molecular flexibility index (Phi) is 2.99. The van der Waals surface area contributed by atoms with Gasteiger partial charge in [0.25, 0.3) is 0 Å². The van der Waals surface area contributed by atoms with E-state index in [0.717, 1.165) is 0 Å². The third-order valence-electron chi connectivity index (χ3n) is 1.17. The fraction of sp³-hybridized carbons (Fsp3) is 0.333. The molecule has 1 aromatic heterocycles. The first kappa shape index (κ1) is 10.1. The molecule has 0 radical (unpaired) electrons. The lowest BCUT2D eigenvalue weighted by atomic mass is 10.8. The van der Waals surface area contributed by atoms with Gasteiger partial charge in [0.05, 0.1) is 0 Å². The van der Waals surface area contributed by atoms with Crippen LogP contribution in [0.1, 0.15) is 5.01 Å². The summed E-state index contributed by atoms with van der Waals surface area (Å²) in [7, 11) is -3.56. The highest BCUT2D eigenvalue weighted by Gasteiger charge is 2.17. The van der Waals surface area contributed by atoms with E-state index in [0.29, 0.717) is 5.01 Å². The number of aromatic nitrogens is 1. The molecule has 72 valence electrons. The molecule has 0 bridgehead atoms. The molecule has 0 amide bonds. The topological polar surface area (TPSA) is 84.3 Å². The smallest absolute Gasteiger partial charge is 0.318 e. The maximum atomic E-state index is 11.1. The number of carboxylic acids is 1. The Labute approximate surface area is 79.0 Å². The summed E-state index contributed by atoms with van der Waals surface area (Å²) in [4.78, 5) is 13.9. The van der Waals surface area contributed by atoms with E-state index < -0.39 is 21.6 Å². The molecule has 13 heavy (non-hydrogen) atoms. The molecule has 0 unspecified atom stereocenters. The van der Waals surface area contributed by atoms with E-state index in [1.807, 2.05) is 0 Å². The van der Waals surface area contributed by atoms with Crippen molar-refractivity contribution in [1.82, 2.24) is 4.98 Å². The van der Waals surface area contributed by atoms with Gasteiger partial charge in [-0.3, -0.25) is 4.79 Å². The maximum absolute atomic E-state index is 11.1. The van der Waals surface area contributed by atoms with E-state index in [4.69, 9.17) is 5.11 Å². The minimum atomic E-state index is -3.56. The summed E-state index contributed by atoms with van der Waals surface area (Å²) in [5, 5.41) is 10.3. The molecule has 1 rings (SSSR count). The second kappa shape index (κ2) is 3.84. The number of carbonyl (C=O) groups is 1. The molecule has 0 aliphatic rings. The van der Waals surface area contributed by atoms with Crippen LogP contribution in [0, 0.1) is 0 Å². The SMILES string of the molecule is O=C(O)CS(=O)(=O)Cc1nccs1. The van der Waals surface area contributed by atoms with Gasteiger partial charge in [-0.05, 0) is 0 Å². The standard InChI is InChI=1S/C6H7NO4S2/c8-6(9)4-13(10,11)3-5-7-1-2-12-5/h1-2H,3-4H2,(H,8,9). The third kappa shape index (κ3) is 3.51. The number of hydrogen-bond donors (Lipinski definition) is 1. The van der Waals surface area contributed by atoms with Gasteiger partial charge in [0.2, 0.25) is 0 Å². The minimum absolute atomic E-state index is 0.295. The number of nitrogens with zero attached hydrogens (tertiary/aromatic N) is 1. The molecular formula is C6H7NO4S2. The molecule has 0 aliphatic carbocycles. The molecule has 0 atom stereocenters. The van der Waals surface area contributed by atoms with Crippen LogP contribution in [-0.2, 0) is 20.4 Å². The van der Waals surface area contributed by atoms with Crippen molar-refractivity contribution in [3.63, 3.8) is 0 Å². The van der Waals surface area contributed by atoms with Crippen LogP contribution in [0.15, 0.2) is 11.6 Å². The van der Waals surface area contributed by atoms with Crippen LogP contribution in [0.3, 0.4) is 0 Å². The number of aliphatic carboxylic acids is 1. The molecule has 0 saturated carbocycles. The van der Waals surface area contributed by atoms with Crippen LogP contribution in [-0.4, -0.2) is 30.2 Å². The molecule has 0 spiro atoms. The zero-order chi connectivity index (χ0) is 9.90. The Hall–Kier alpha value is -0.950. The fourth-order valence-electron chi connectivity index (χ4n) is 0.752. The molecule has 1 heterocycles. The second-order valence-corrected chi connectivity index (χ2v) is 5.40. The highest BCUT2D eigenvalue weighted by Crippen LogP contribution is 2.09. The number of sulfone groups is 1. The number of thiazole rings is 1. The predicted octanol–water partition coefficient (Wildman–Crippen LogP) is 0.143. The van der Waals surface area contributed by atoms with Crippen LogP contribution in [0.5, 0.6) is 0 Å². The number of rotatable bonds is 4. The van der Waals surface area contributed by atoms with Gasteiger partial charge in [0.1, 0.15) is 16.5 Å². The monoisotopic (exact) mass is 221 g/mol. The van der Waals surface area contributed by atoms with Crippen molar-refractivity contribution in [2.45, 2.75) is 5.75 Å². The lowest BCUT2D eigenvalue weighted by molar-refractivity contribution is -0.134. The van der Waals surface area contributed by atoms with Gasteiger partial charge >= 0.3 is 5.97 Å². The van der Waals surface area contributed by atoms with E-state index in [1.165, 1.54) is 17.5 Å². The van der Waals surface area contributed by atoms with E-state index >= 15 is 0 Å². The predicted molar refractivity (Wildman–Crippen MR) is 47.2 cm³/mol. The summed E-state index contributed by atoms with van der Waals surface area (Å²) in [6, 6.07) is 0. The third-order valence-corrected chi connectivity index (χ3v) is 3.53. The quantitative estimate of drug-likeness (QED) is 0.781. The van der Waals surface area contributed by atoms with Crippen LogP contribution in [0.2, 0.25) is 0 Å². The maximum Gasteiger partial charge on any atom is 0.318 e. The van der Waals surface area contributed by atoms with Crippen molar-refractivity contribution in [1.29, 1.82) is 0 Å². The average molecular weight is 221 g/mol. The van der Waals surface area contributed by atoms with Crippen molar-refractivity contribution in [2.24, 2.45) is 0 Å². The first-order chi connectivity index (χ1) is 5.99. The van der Waals surface area contributed by atoms with Crippen LogP contribution >= 0.6 is 11.3 Å². The summed E-state index contributed by atoms with van der Waals surface area (Å²) in [6.07, 6.45) is 1.48. The zero-order valence-corrected chi connectivity index (χ0v) is 8.14. The second-order valence-electron chi connectivity index (χ2n) is 2.35. The molecule has 1 aromatic rings. The van der Waals surface area contributed by atoms with Crippen molar-refractivity contribution in [3.8, 4) is 0 Å². The molecule has 7 heteroatoms. The normalized spacial score (nSPS) is 11.4. The summed E-state index contributed by atoms with van der Waals surface area (Å²) in [5.41, 5.74) is 0. The molecule has 0 aromatic carbocycles. The molecule has 5 nitrogen and oxygen atoms in total. The lowest BCUT2D eigenvalue weighted by Crippen LogP contribution is -2.16. The Morgan fingerprint density at radius 2 is 2.31 bits per heavy atom. The Morgan fingerprint density at radius 1 is 1.62 bits per heavy atom. The average Bonchev–Trinajstić information content (AvgIpc) is 2.34. The van der Waals surface area contributed by atoms with E-state index in [9.17, 15) is 13.2 Å². The van der Waals surface area contributed by atoms with Crippen molar-refractivity contribution < 1.29 is 18.3 Å². The highest BCUT2D eigenvalue weighted by atomic mass is 32.2. The van der Waals surface area contributed by atoms with E-state index in [2.05, 4.69) is 4.98 Å². The van der Waals surface area contributed by atoms with Crippen molar-refractivity contribution >= 4 is 27.1 Å². The molecule has 0 fully saturated rings. The van der Waals surface area contributed by atoms with Crippen molar-refractivity contribution in [3.05, 3.63) is 16.6 Å². The molecular weight excluding hydrogens is 214 g/mol. The lowest BCUT2D eigenvalue weighted by Gasteiger charge is -1.96. The zero-order valence-electron chi connectivity index (χ0n) is 6.50. The summed E-state index contributed by atoms with van der Waals surface area (Å²) in [5.74, 6) is -2.47. The van der Waals surface area contributed by atoms with Gasteiger partial charge in [-0.1, -0.05) is 0 Å². The van der Waals surface area contributed by atoms with Gasteiger partial charge in [-0.15, -0.1) is 11.3 Å². The molecule has 0 aliphatic heterocycles. The summed E-state index contributed by atoms with van der Waals surface area (Å²) >= 11 is 1.19. The van der Waals surface area contributed by atoms with Crippen LogP contribution < -0.4 is 0 Å². The van der Waals surface area contributed by atoms with Crippen LogP contribution in [0.4, 0.5) is 0 Å². The first-order valence-corrected chi connectivity index (χ1v) is 6.00. The van der Waals surface area contributed by atoms with E-state index in [-0.39, 0.29) is 5.75 Å². The Balaban J connectivity index is 2.68. The largest absolute Gasteiger partial charge is 0.480 e. The molecule has 0 saturated heterocycles. The molecule has 1 N–H and O–H groups in total. The minimum Gasteiger partial charge on any atom is -0.480 e. The first-order valence-electron chi connectivity index (χ1n) is 3.30. The van der Waals surface area contributed by atoms with Crippen LogP contribution in [0.25, 0.3) is 0 Å². The number of hydrogen-bond acceptors (Lipinski definition) is 5. The summed E-state index contributed by atoms with van der Waals surface area (Å²) in [6.45, 7) is 0. The van der Waals surface area contributed by atoms with Crippen molar-refractivity contribution in [2.75, 3.05) is 5.75 Å². The van der Waals surface area contributed by atoms with Gasteiger partial charge < -0.3 is 5.11 Å². The van der Waals surface area contributed by atoms with Gasteiger partial charge in [0.15, 0.2) is 9.84 Å². The Bertz CT molecular complexity index is 381. The fourth-order valence-corrected chi connectivity index (χ4v) is 2.89. The highest BCUT2D eigenvalue weighted by molar-refractivity contribution is 7.91. The van der Waals surface area contributed by atoms with E-state index in [1.54, 1.807) is 5.38 Å². The Morgan fingerprint density at radius 3 is 2.77 bits per heavy atom. The van der Waals surface area contributed by atoms with Gasteiger partial charge in [-0.25, -0.2) is 13.4 Å². The van der Waals surface area contributed by atoms with Gasteiger partial charge in [-0.2, -0.15) is 0 Å². The van der Waals surface area contributed by atoms with Gasteiger partial charge in [0, 0.05) is 11.6 Å².